The lowest BCUT2D eigenvalue weighted by atomic mass is 10.2. The van der Waals surface area contributed by atoms with Crippen LogP contribution in [0.15, 0.2) is 77.7 Å². The van der Waals surface area contributed by atoms with E-state index in [2.05, 4.69) is 10.0 Å². The van der Waals surface area contributed by atoms with E-state index in [4.69, 9.17) is 11.6 Å². The summed E-state index contributed by atoms with van der Waals surface area (Å²) in [6.45, 7) is 0. The zero-order chi connectivity index (χ0) is 21.0. The molecule has 0 radical (unpaired) electrons. The van der Waals surface area contributed by atoms with Crippen LogP contribution in [0.25, 0.3) is 0 Å². The van der Waals surface area contributed by atoms with Gasteiger partial charge in [0.1, 0.15) is 0 Å². The second-order valence-electron chi connectivity index (χ2n) is 5.95. The van der Waals surface area contributed by atoms with Crippen LogP contribution in [0.3, 0.4) is 0 Å². The molecule has 0 atom stereocenters. The molecule has 0 aliphatic carbocycles. The molecule has 3 aromatic carbocycles. The van der Waals surface area contributed by atoms with E-state index in [0.29, 0.717) is 10.7 Å². The summed E-state index contributed by atoms with van der Waals surface area (Å²) in [4.78, 5) is 23.5. The maximum absolute atomic E-state index is 12.7. The molecule has 0 bridgehead atoms. The molecule has 0 unspecified atom stereocenters. The van der Waals surface area contributed by atoms with Crippen molar-refractivity contribution in [3.05, 3.63) is 88.9 Å². The standard InChI is InChI=1S/C20H15ClN2O5S/c21-14-8-10-15(11-9-14)22-19(24)13-4-3-5-16(12-13)29(27,28)23-18-7-2-1-6-17(18)20(25)26/h1-12,23H,(H,22,24)(H,25,26). The van der Waals surface area contributed by atoms with Gasteiger partial charge < -0.3 is 10.4 Å². The van der Waals surface area contributed by atoms with E-state index in [1.807, 2.05) is 0 Å². The SMILES string of the molecule is O=C(Nc1ccc(Cl)cc1)c1cccc(S(=O)(=O)Nc2ccccc2C(=O)O)c1. The highest BCUT2D eigenvalue weighted by Gasteiger charge is 2.19. The molecular weight excluding hydrogens is 416 g/mol. The van der Waals surface area contributed by atoms with Crippen LogP contribution >= 0.6 is 11.6 Å². The van der Waals surface area contributed by atoms with Crippen molar-refractivity contribution in [2.24, 2.45) is 0 Å². The number of sulfonamides is 1. The molecule has 0 fully saturated rings. The number of benzene rings is 3. The first-order chi connectivity index (χ1) is 13.8. The fourth-order valence-electron chi connectivity index (χ4n) is 2.50. The van der Waals surface area contributed by atoms with E-state index in [9.17, 15) is 23.1 Å². The van der Waals surface area contributed by atoms with Gasteiger partial charge in [-0.25, -0.2) is 13.2 Å². The van der Waals surface area contributed by atoms with Crippen LogP contribution in [0.1, 0.15) is 20.7 Å². The van der Waals surface area contributed by atoms with Crippen molar-refractivity contribution in [1.82, 2.24) is 0 Å². The van der Waals surface area contributed by atoms with E-state index in [-0.39, 0.29) is 21.7 Å². The second-order valence-corrected chi connectivity index (χ2v) is 8.06. The number of anilines is 2. The number of aromatic carboxylic acids is 1. The zero-order valence-electron chi connectivity index (χ0n) is 14.8. The molecule has 0 heterocycles. The molecule has 1 amide bonds. The number of hydrogen-bond acceptors (Lipinski definition) is 4. The van der Waals surface area contributed by atoms with Gasteiger partial charge in [0, 0.05) is 16.3 Å². The summed E-state index contributed by atoms with van der Waals surface area (Å²) in [7, 11) is -4.11. The molecule has 3 rings (SSSR count). The lowest BCUT2D eigenvalue weighted by Crippen LogP contribution is -2.17. The minimum Gasteiger partial charge on any atom is -0.478 e. The van der Waals surface area contributed by atoms with Crippen molar-refractivity contribution in [2.45, 2.75) is 4.90 Å². The van der Waals surface area contributed by atoms with Crippen LogP contribution in [-0.4, -0.2) is 25.4 Å². The first-order valence-electron chi connectivity index (χ1n) is 8.28. The quantitative estimate of drug-likeness (QED) is 0.545. The topological polar surface area (TPSA) is 113 Å². The molecule has 148 valence electrons. The predicted octanol–water partition coefficient (Wildman–Crippen LogP) is 4.09. The summed E-state index contributed by atoms with van der Waals surface area (Å²) in [5.74, 6) is -1.77. The molecule has 0 aliphatic heterocycles. The van der Waals surface area contributed by atoms with Gasteiger partial charge in [0.05, 0.1) is 16.1 Å². The van der Waals surface area contributed by atoms with Gasteiger partial charge in [-0.3, -0.25) is 9.52 Å². The molecule has 7 nitrogen and oxygen atoms in total. The maximum atomic E-state index is 12.7. The van der Waals surface area contributed by atoms with Gasteiger partial charge in [0.2, 0.25) is 0 Å². The van der Waals surface area contributed by atoms with Crippen LogP contribution < -0.4 is 10.0 Å². The third kappa shape index (κ3) is 4.92. The number of carbonyl (C=O) groups excluding carboxylic acids is 1. The van der Waals surface area contributed by atoms with Crippen molar-refractivity contribution >= 4 is 44.9 Å². The minimum atomic E-state index is -4.11. The van der Waals surface area contributed by atoms with E-state index in [1.54, 1.807) is 24.3 Å². The van der Waals surface area contributed by atoms with Crippen LogP contribution in [0.4, 0.5) is 11.4 Å². The Bertz CT molecular complexity index is 1180. The summed E-state index contributed by atoms with van der Waals surface area (Å²) in [5.41, 5.74) is 0.360. The third-order valence-corrected chi connectivity index (χ3v) is 5.53. The minimum absolute atomic E-state index is 0.0731. The number of carboxylic acid groups (broad SMARTS) is 1. The van der Waals surface area contributed by atoms with Gasteiger partial charge in [-0.2, -0.15) is 0 Å². The molecule has 9 heteroatoms. The van der Waals surface area contributed by atoms with Crippen LogP contribution in [0.2, 0.25) is 5.02 Å². The zero-order valence-corrected chi connectivity index (χ0v) is 16.4. The number of carboxylic acids is 1. The fourth-order valence-corrected chi connectivity index (χ4v) is 3.75. The number of nitrogens with one attached hydrogen (secondary N) is 2. The fraction of sp³-hybridized carbons (Fsp3) is 0. The Hall–Kier alpha value is -3.36. The Morgan fingerprint density at radius 2 is 1.59 bits per heavy atom. The predicted molar refractivity (Wildman–Crippen MR) is 110 cm³/mol. The summed E-state index contributed by atoms with van der Waals surface area (Å²) in [6.07, 6.45) is 0. The van der Waals surface area contributed by atoms with Gasteiger partial charge in [-0.05, 0) is 54.6 Å². The number of rotatable bonds is 6. The van der Waals surface area contributed by atoms with Crippen molar-refractivity contribution in [3.63, 3.8) is 0 Å². The molecule has 0 saturated heterocycles. The number of hydrogen-bond donors (Lipinski definition) is 3. The van der Waals surface area contributed by atoms with Crippen LogP contribution in [0, 0.1) is 0 Å². The Morgan fingerprint density at radius 1 is 0.897 bits per heavy atom. The van der Waals surface area contributed by atoms with E-state index >= 15 is 0 Å². The maximum Gasteiger partial charge on any atom is 0.337 e. The first kappa shape index (κ1) is 20.4. The number of para-hydroxylation sites is 1. The van der Waals surface area contributed by atoms with Crippen molar-refractivity contribution in [3.8, 4) is 0 Å². The number of halogens is 1. The van der Waals surface area contributed by atoms with Crippen LogP contribution in [0.5, 0.6) is 0 Å². The summed E-state index contributed by atoms with van der Waals surface area (Å²) >= 11 is 5.81. The van der Waals surface area contributed by atoms with Crippen molar-refractivity contribution in [2.75, 3.05) is 10.0 Å². The van der Waals surface area contributed by atoms with Gasteiger partial charge in [-0.1, -0.05) is 29.8 Å². The van der Waals surface area contributed by atoms with Gasteiger partial charge in [0.15, 0.2) is 0 Å². The average Bonchev–Trinajstić information content (AvgIpc) is 2.70. The summed E-state index contributed by atoms with van der Waals surface area (Å²) < 4.78 is 27.6. The molecule has 29 heavy (non-hydrogen) atoms. The Kier molecular flexibility index (Phi) is 5.86. The first-order valence-corrected chi connectivity index (χ1v) is 10.1. The van der Waals surface area contributed by atoms with Gasteiger partial charge in [0.25, 0.3) is 15.9 Å². The molecule has 3 aromatic rings. The number of carbonyl (C=O) groups is 2. The summed E-state index contributed by atoms with van der Waals surface area (Å²) in [5, 5.41) is 12.4. The highest BCUT2D eigenvalue weighted by atomic mass is 35.5. The van der Waals surface area contributed by atoms with Gasteiger partial charge >= 0.3 is 5.97 Å². The van der Waals surface area contributed by atoms with E-state index in [1.165, 1.54) is 48.5 Å². The number of amides is 1. The van der Waals surface area contributed by atoms with Crippen molar-refractivity contribution in [1.29, 1.82) is 0 Å². The molecule has 3 N–H and O–H groups in total. The Balaban J connectivity index is 1.85. The molecular formula is C20H15ClN2O5S. The van der Waals surface area contributed by atoms with Crippen molar-refractivity contribution < 1.29 is 23.1 Å². The second kappa shape index (κ2) is 8.34. The smallest absolute Gasteiger partial charge is 0.337 e. The third-order valence-electron chi connectivity index (χ3n) is 3.91. The lowest BCUT2D eigenvalue weighted by molar-refractivity contribution is 0.0698. The van der Waals surface area contributed by atoms with Crippen LogP contribution in [-0.2, 0) is 10.0 Å². The Morgan fingerprint density at radius 3 is 2.28 bits per heavy atom. The monoisotopic (exact) mass is 430 g/mol. The highest BCUT2D eigenvalue weighted by molar-refractivity contribution is 7.92. The average molecular weight is 431 g/mol. The molecule has 0 spiro atoms. The molecule has 0 saturated carbocycles. The lowest BCUT2D eigenvalue weighted by Gasteiger charge is -2.11. The summed E-state index contributed by atoms with van der Waals surface area (Å²) in [6, 6.07) is 17.5. The Labute approximate surface area is 172 Å². The van der Waals surface area contributed by atoms with E-state index in [0.717, 1.165) is 0 Å². The highest BCUT2D eigenvalue weighted by Crippen LogP contribution is 2.21. The van der Waals surface area contributed by atoms with E-state index < -0.39 is 21.9 Å². The molecule has 0 aliphatic rings. The largest absolute Gasteiger partial charge is 0.478 e. The normalized spacial score (nSPS) is 10.9. The molecule has 0 aromatic heterocycles. The van der Waals surface area contributed by atoms with Gasteiger partial charge in [-0.15, -0.1) is 0 Å².